The number of hydrogen-bond acceptors (Lipinski definition) is 4. The van der Waals surface area contributed by atoms with E-state index >= 15 is 0 Å². The van der Waals surface area contributed by atoms with Gasteiger partial charge in [-0.25, -0.2) is 8.78 Å². The molecule has 0 spiro atoms. The Labute approximate surface area is 170 Å². The number of ether oxygens (including phenoxy) is 1. The maximum Gasteiger partial charge on any atom is 0.273 e. The standard InChI is InChI=1S/C19H19ClF2N4O3/c1-10-15(22)16(26(2)25-10)17(28)24-19-7-18(8-19,9-19)23-14(27)6-29-11-3-4-12(20)13(21)5-11/h3-5H,6-9H2,1-2H3,(H,23,27)(H,24,28). The fraction of sp³-hybridized carbons (Fsp3) is 0.421. The van der Waals surface area contributed by atoms with Crippen LogP contribution in [0, 0.1) is 18.6 Å². The molecule has 10 heteroatoms. The summed E-state index contributed by atoms with van der Waals surface area (Å²) in [5.74, 6) is -1.90. The van der Waals surface area contributed by atoms with Gasteiger partial charge in [0.05, 0.1) is 10.7 Å². The van der Waals surface area contributed by atoms with Crippen molar-refractivity contribution in [2.75, 3.05) is 6.61 Å². The highest BCUT2D eigenvalue weighted by Gasteiger charge is 2.69. The molecule has 2 bridgehead atoms. The van der Waals surface area contributed by atoms with Gasteiger partial charge in [-0.15, -0.1) is 0 Å². The Kier molecular flexibility index (Phi) is 4.53. The van der Waals surface area contributed by atoms with Crippen LogP contribution in [0.25, 0.3) is 0 Å². The first-order chi connectivity index (χ1) is 13.6. The summed E-state index contributed by atoms with van der Waals surface area (Å²) < 4.78 is 33.9. The number of hydrogen-bond donors (Lipinski definition) is 2. The number of rotatable bonds is 6. The average molecular weight is 425 g/mol. The first kappa shape index (κ1) is 19.6. The molecule has 0 saturated heterocycles. The van der Waals surface area contributed by atoms with Crippen LogP contribution < -0.4 is 15.4 Å². The van der Waals surface area contributed by atoms with Gasteiger partial charge in [0, 0.05) is 24.2 Å². The summed E-state index contributed by atoms with van der Waals surface area (Å²) in [4.78, 5) is 24.5. The van der Waals surface area contributed by atoms with Gasteiger partial charge in [0.25, 0.3) is 11.8 Å². The van der Waals surface area contributed by atoms with Gasteiger partial charge in [0.1, 0.15) is 11.6 Å². The van der Waals surface area contributed by atoms with Crippen LogP contribution >= 0.6 is 11.6 Å². The molecule has 5 rings (SSSR count). The third-order valence-electron chi connectivity index (χ3n) is 5.44. The van der Waals surface area contributed by atoms with Crippen LogP contribution in [0.1, 0.15) is 35.4 Å². The smallest absolute Gasteiger partial charge is 0.273 e. The van der Waals surface area contributed by atoms with Crippen LogP contribution in [-0.2, 0) is 11.8 Å². The zero-order valence-electron chi connectivity index (χ0n) is 15.8. The quantitative estimate of drug-likeness (QED) is 0.745. The van der Waals surface area contributed by atoms with Crippen molar-refractivity contribution in [1.29, 1.82) is 0 Å². The van der Waals surface area contributed by atoms with Gasteiger partial charge in [0.2, 0.25) is 0 Å². The Bertz CT molecular complexity index is 1000. The van der Waals surface area contributed by atoms with E-state index in [2.05, 4.69) is 15.7 Å². The summed E-state index contributed by atoms with van der Waals surface area (Å²) in [5, 5.41) is 9.64. The molecule has 0 unspecified atom stereocenters. The highest BCUT2D eigenvalue weighted by molar-refractivity contribution is 6.30. The van der Waals surface area contributed by atoms with Crippen molar-refractivity contribution in [1.82, 2.24) is 20.4 Å². The van der Waals surface area contributed by atoms with E-state index in [1.807, 2.05) is 0 Å². The molecule has 3 aliphatic rings. The van der Waals surface area contributed by atoms with Crippen molar-refractivity contribution in [2.24, 2.45) is 7.05 Å². The minimum atomic E-state index is -0.629. The lowest BCUT2D eigenvalue weighted by atomic mass is 9.44. The average Bonchev–Trinajstić information content (AvgIpc) is 2.85. The van der Waals surface area contributed by atoms with Crippen molar-refractivity contribution in [3.63, 3.8) is 0 Å². The van der Waals surface area contributed by atoms with Crippen LogP contribution in [-0.4, -0.2) is 39.3 Å². The molecule has 3 fully saturated rings. The molecule has 154 valence electrons. The number of nitrogens with zero attached hydrogens (tertiary/aromatic N) is 2. The number of aryl methyl sites for hydroxylation is 2. The van der Waals surface area contributed by atoms with Gasteiger partial charge in [-0.3, -0.25) is 14.3 Å². The van der Waals surface area contributed by atoms with E-state index < -0.39 is 23.1 Å². The van der Waals surface area contributed by atoms with Crippen LogP contribution in [0.4, 0.5) is 8.78 Å². The third-order valence-corrected chi connectivity index (χ3v) is 5.75. The summed E-state index contributed by atoms with van der Waals surface area (Å²) in [7, 11) is 1.52. The largest absolute Gasteiger partial charge is 0.484 e. The molecule has 2 aromatic rings. The molecule has 1 aromatic heterocycles. The molecular weight excluding hydrogens is 406 g/mol. The maximum absolute atomic E-state index is 14.1. The molecule has 1 heterocycles. The van der Waals surface area contributed by atoms with Gasteiger partial charge in [-0.1, -0.05) is 11.6 Å². The van der Waals surface area contributed by atoms with Gasteiger partial charge in [-0.05, 0) is 38.3 Å². The summed E-state index contributed by atoms with van der Waals surface area (Å²) in [5.41, 5.74) is -0.761. The number of aromatic nitrogens is 2. The molecular formula is C19H19ClF2N4O3. The molecule has 2 amide bonds. The van der Waals surface area contributed by atoms with E-state index in [4.69, 9.17) is 16.3 Å². The Balaban J connectivity index is 1.27. The summed E-state index contributed by atoms with van der Waals surface area (Å²) in [6, 6.07) is 3.94. The zero-order valence-corrected chi connectivity index (χ0v) is 16.6. The lowest BCUT2D eigenvalue weighted by molar-refractivity contribution is -0.141. The Morgan fingerprint density at radius 1 is 1.24 bits per heavy atom. The van der Waals surface area contributed by atoms with Crippen molar-refractivity contribution < 1.29 is 23.1 Å². The number of carbonyl (C=O) groups excluding carboxylic acids is 2. The van der Waals surface area contributed by atoms with E-state index in [9.17, 15) is 18.4 Å². The normalized spacial score (nSPS) is 24.3. The fourth-order valence-electron chi connectivity index (χ4n) is 4.28. The second-order valence-corrected chi connectivity index (χ2v) is 8.24. The first-order valence-electron chi connectivity index (χ1n) is 9.03. The van der Waals surface area contributed by atoms with Crippen LogP contribution in [0.3, 0.4) is 0 Å². The Hall–Kier alpha value is -2.68. The molecule has 29 heavy (non-hydrogen) atoms. The molecule has 3 saturated carbocycles. The number of halogens is 3. The molecule has 3 aliphatic carbocycles. The second kappa shape index (κ2) is 6.69. The molecule has 7 nitrogen and oxygen atoms in total. The van der Waals surface area contributed by atoms with E-state index in [0.717, 1.165) is 6.07 Å². The van der Waals surface area contributed by atoms with E-state index in [0.29, 0.717) is 19.3 Å². The molecule has 0 aliphatic heterocycles. The third kappa shape index (κ3) is 3.43. The first-order valence-corrected chi connectivity index (χ1v) is 9.40. The van der Waals surface area contributed by atoms with E-state index in [1.165, 1.54) is 30.8 Å². The minimum absolute atomic E-state index is 0.0239. The van der Waals surface area contributed by atoms with E-state index in [-0.39, 0.29) is 40.2 Å². The predicted octanol–water partition coefficient (Wildman–Crippen LogP) is 2.26. The van der Waals surface area contributed by atoms with Crippen LogP contribution in [0.15, 0.2) is 18.2 Å². The number of amides is 2. The zero-order chi connectivity index (χ0) is 21.0. The fourth-order valence-corrected chi connectivity index (χ4v) is 4.40. The summed E-state index contributed by atoms with van der Waals surface area (Å²) >= 11 is 5.60. The summed E-state index contributed by atoms with van der Waals surface area (Å²) in [6.45, 7) is 1.24. The predicted molar refractivity (Wildman–Crippen MR) is 99.7 cm³/mol. The van der Waals surface area contributed by atoms with Gasteiger partial charge in [-0.2, -0.15) is 5.10 Å². The lowest BCUT2D eigenvalue weighted by Crippen LogP contribution is -2.84. The second-order valence-electron chi connectivity index (χ2n) is 7.83. The SMILES string of the molecule is Cc1nn(C)c(C(=O)NC23CC(NC(=O)COc4ccc(Cl)c(F)c4)(C2)C3)c1F. The maximum atomic E-state index is 14.1. The number of benzene rings is 1. The van der Waals surface area contributed by atoms with Crippen molar-refractivity contribution in [3.05, 3.63) is 46.2 Å². The number of carbonyl (C=O) groups is 2. The molecule has 2 N–H and O–H groups in total. The Morgan fingerprint density at radius 2 is 1.90 bits per heavy atom. The molecule has 1 aromatic carbocycles. The van der Waals surface area contributed by atoms with Gasteiger partial charge >= 0.3 is 0 Å². The van der Waals surface area contributed by atoms with E-state index in [1.54, 1.807) is 0 Å². The van der Waals surface area contributed by atoms with Crippen LogP contribution in [0.2, 0.25) is 5.02 Å². The lowest BCUT2D eigenvalue weighted by Gasteiger charge is -2.70. The molecule has 0 radical (unpaired) electrons. The highest BCUT2D eigenvalue weighted by atomic mass is 35.5. The van der Waals surface area contributed by atoms with Gasteiger partial charge < -0.3 is 15.4 Å². The topological polar surface area (TPSA) is 85.3 Å². The van der Waals surface area contributed by atoms with Crippen LogP contribution in [0.5, 0.6) is 5.75 Å². The Morgan fingerprint density at radius 3 is 2.48 bits per heavy atom. The van der Waals surface area contributed by atoms with Crippen molar-refractivity contribution in [3.8, 4) is 5.75 Å². The summed E-state index contributed by atoms with van der Waals surface area (Å²) in [6.07, 6.45) is 1.68. The monoisotopic (exact) mass is 424 g/mol. The van der Waals surface area contributed by atoms with Crippen molar-refractivity contribution in [2.45, 2.75) is 37.3 Å². The highest BCUT2D eigenvalue weighted by Crippen LogP contribution is 2.60. The molecule has 0 atom stereocenters. The minimum Gasteiger partial charge on any atom is -0.484 e. The van der Waals surface area contributed by atoms with Crippen molar-refractivity contribution >= 4 is 23.4 Å². The number of nitrogens with one attached hydrogen (secondary N) is 2. The van der Waals surface area contributed by atoms with Gasteiger partial charge in [0.15, 0.2) is 18.1 Å².